The second-order valence-corrected chi connectivity index (χ2v) is 23.8. The van der Waals surface area contributed by atoms with Gasteiger partial charge in [-0.1, -0.05) is 85.2 Å². The van der Waals surface area contributed by atoms with E-state index in [0.717, 1.165) is 83.2 Å². The minimum absolute atomic E-state index is 1.03. The van der Waals surface area contributed by atoms with Crippen molar-refractivity contribution in [2.24, 2.45) is 0 Å². The molecule has 0 saturated carbocycles. The number of benzene rings is 4. The Morgan fingerprint density at radius 3 is 1.13 bits per heavy atom. The van der Waals surface area contributed by atoms with Crippen molar-refractivity contribution in [1.82, 2.24) is 19.9 Å². The summed E-state index contributed by atoms with van der Waals surface area (Å²) in [6.07, 6.45) is 0. The Hall–Kier alpha value is -6.01. The van der Waals surface area contributed by atoms with Gasteiger partial charge < -0.3 is 19.9 Å². The number of hydrogen-bond donors (Lipinski definition) is 4. The van der Waals surface area contributed by atoms with E-state index in [1.807, 2.05) is 0 Å². The van der Waals surface area contributed by atoms with E-state index in [9.17, 15) is 0 Å². The lowest BCUT2D eigenvalue weighted by Gasteiger charge is -2.15. The number of rotatable bonds is 4. The molecule has 9 rings (SSSR count). The maximum atomic E-state index is 3.98. The van der Waals surface area contributed by atoms with Gasteiger partial charge in [0.25, 0.3) is 0 Å². The standard InChI is InChI=1S/C55H51IN4Si/c1-32-28-34(3)50(35(4)29-32)54-46-22-18-42(57-46)52(39-12-10-38(11-13-39)26-27-61(7,8)9)43-19-23-47(58-43)55(51-36(5)30-33(2)31-37(51)6)49-25-21-45(60-49)53(44-20-24-48(54)59-44)40-14-16-41(56)17-15-40/h10-25,28-31,57-60H,1-9H3. The van der Waals surface area contributed by atoms with E-state index in [2.05, 4.69) is 237 Å². The Bertz CT molecular complexity index is 3300. The fourth-order valence-electron chi connectivity index (χ4n) is 9.23. The Balaban J connectivity index is 1.42. The average Bonchev–Trinajstić information content (AvgIpc) is 4.04. The van der Waals surface area contributed by atoms with E-state index in [1.165, 1.54) is 48.1 Å². The smallest absolute Gasteiger partial charge is 0.129 e. The predicted molar refractivity (Wildman–Crippen MR) is 265 cm³/mol. The number of nitrogens with one attached hydrogen (secondary N) is 4. The molecule has 1 aliphatic heterocycles. The normalized spacial score (nSPS) is 12.8. The summed E-state index contributed by atoms with van der Waals surface area (Å²) in [7, 11) is -1.53. The van der Waals surface area contributed by atoms with E-state index < -0.39 is 8.07 Å². The molecule has 5 heterocycles. The number of fused-ring (bicyclic) bond motifs is 8. The zero-order chi connectivity index (χ0) is 42.7. The van der Waals surface area contributed by atoms with Crippen LogP contribution in [0.1, 0.15) is 84.0 Å². The fourth-order valence-corrected chi connectivity index (χ4v) is 10.1. The first kappa shape index (κ1) is 40.4. The Labute approximate surface area is 373 Å². The topological polar surface area (TPSA) is 63.2 Å². The first-order valence-corrected chi connectivity index (χ1v) is 25.6. The van der Waals surface area contributed by atoms with Crippen LogP contribution in [0.4, 0.5) is 0 Å². The van der Waals surface area contributed by atoms with Gasteiger partial charge in [-0.25, -0.2) is 0 Å². The van der Waals surface area contributed by atoms with Crippen molar-refractivity contribution < 1.29 is 0 Å². The van der Waals surface area contributed by atoms with Gasteiger partial charge in [-0.15, -0.1) is 5.54 Å². The second-order valence-electron chi connectivity index (χ2n) is 17.8. The Morgan fingerprint density at radius 1 is 0.410 bits per heavy atom. The lowest BCUT2D eigenvalue weighted by Crippen LogP contribution is -2.20. The predicted octanol–water partition coefficient (Wildman–Crippen LogP) is 9.99. The summed E-state index contributed by atoms with van der Waals surface area (Å²) in [6.45, 7) is 20.1. The van der Waals surface area contributed by atoms with E-state index in [-0.39, 0.29) is 0 Å². The monoisotopic (exact) mass is 922 g/mol. The van der Waals surface area contributed by atoms with E-state index >= 15 is 0 Å². The molecule has 0 saturated heterocycles. The van der Waals surface area contributed by atoms with Crippen LogP contribution in [0.15, 0.2) is 121 Å². The highest BCUT2D eigenvalue weighted by Crippen LogP contribution is 2.32. The zero-order valence-electron chi connectivity index (χ0n) is 36.4. The van der Waals surface area contributed by atoms with Crippen molar-refractivity contribution in [3.8, 4) is 11.5 Å². The molecule has 6 heteroatoms. The second kappa shape index (κ2) is 15.8. The molecule has 8 bridgehead atoms. The molecule has 0 aliphatic carbocycles. The summed E-state index contributed by atoms with van der Waals surface area (Å²) in [4.78, 5) is 15.9. The van der Waals surface area contributed by atoms with Crippen LogP contribution in [0.5, 0.6) is 0 Å². The maximum absolute atomic E-state index is 3.98. The summed E-state index contributed by atoms with van der Waals surface area (Å²) < 4.78 is 1.20. The lowest BCUT2D eigenvalue weighted by molar-refractivity contribution is 1.17. The van der Waals surface area contributed by atoms with Crippen LogP contribution in [0.3, 0.4) is 0 Å². The van der Waals surface area contributed by atoms with E-state index in [4.69, 9.17) is 0 Å². The molecular weight excluding hydrogens is 872 g/mol. The highest BCUT2D eigenvalue weighted by molar-refractivity contribution is 14.1. The van der Waals surface area contributed by atoms with Gasteiger partial charge in [0.2, 0.25) is 0 Å². The molecule has 1 aliphatic rings. The molecule has 61 heavy (non-hydrogen) atoms. The van der Waals surface area contributed by atoms with Gasteiger partial charge in [-0.05, 0) is 181 Å². The van der Waals surface area contributed by atoms with Crippen molar-refractivity contribution in [2.45, 2.75) is 61.2 Å². The molecule has 8 aromatic rings. The largest absolute Gasteiger partial charge is 0.354 e. The van der Waals surface area contributed by atoms with Crippen LogP contribution in [0.2, 0.25) is 19.6 Å². The van der Waals surface area contributed by atoms with Crippen molar-refractivity contribution >= 4 is 53.0 Å². The third kappa shape index (κ3) is 7.89. The number of aromatic nitrogens is 4. The molecule has 0 atom stereocenters. The van der Waals surface area contributed by atoms with Crippen LogP contribution < -0.4 is 21.4 Å². The summed E-state index contributed by atoms with van der Waals surface area (Å²) in [6, 6.07) is 44.7. The minimum atomic E-state index is -1.53. The molecule has 0 unspecified atom stereocenters. The van der Waals surface area contributed by atoms with Crippen molar-refractivity contribution in [2.75, 3.05) is 0 Å². The maximum Gasteiger partial charge on any atom is 0.129 e. The van der Waals surface area contributed by atoms with E-state index in [0.29, 0.717) is 0 Å². The molecule has 4 N–H and O–H groups in total. The molecule has 0 amide bonds. The third-order valence-corrected chi connectivity index (χ3v) is 13.2. The number of halogens is 1. The van der Waals surface area contributed by atoms with Crippen LogP contribution in [0.25, 0.3) is 22.3 Å². The average molecular weight is 923 g/mol. The highest BCUT2D eigenvalue weighted by atomic mass is 127. The van der Waals surface area contributed by atoms with Crippen LogP contribution >= 0.6 is 22.6 Å². The number of aromatic amines is 4. The number of H-pyrrole nitrogens is 4. The summed E-state index contributed by atoms with van der Waals surface area (Å²) in [5, 5.41) is 4.16. The minimum Gasteiger partial charge on any atom is -0.354 e. The van der Waals surface area contributed by atoms with E-state index in [1.54, 1.807) is 0 Å². The van der Waals surface area contributed by atoms with Gasteiger partial charge in [0.15, 0.2) is 0 Å². The van der Waals surface area contributed by atoms with Gasteiger partial charge in [-0.2, -0.15) is 0 Å². The third-order valence-electron chi connectivity index (χ3n) is 11.6. The summed E-state index contributed by atoms with van der Waals surface area (Å²) >= 11 is 2.39. The quantitative estimate of drug-likeness (QED) is 0.0773. The Morgan fingerprint density at radius 2 is 0.754 bits per heavy atom. The van der Waals surface area contributed by atoms with Crippen molar-refractivity contribution in [3.63, 3.8) is 0 Å². The van der Waals surface area contributed by atoms with Crippen LogP contribution in [-0.2, 0) is 0 Å². The van der Waals surface area contributed by atoms with Gasteiger partial charge in [0, 0.05) is 75.6 Å². The molecule has 4 aromatic carbocycles. The van der Waals surface area contributed by atoms with Gasteiger partial charge in [-0.3, -0.25) is 0 Å². The summed E-state index contributed by atoms with van der Waals surface area (Å²) in [5.74, 6) is 3.46. The summed E-state index contributed by atoms with van der Waals surface area (Å²) in [5.41, 5.74) is 25.4. The highest BCUT2D eigenvalue weighted by Gasteiger charge is 2.21. The zero-order valence-corrected chi connectivity index (χ0v) is 39.6. The molecule has 4 nitrogen and oxygen atoms in total. The Kier molecular flexibility index (Phi) is 10.5. The van der Waals surface area contributed by atoms with Crippen molar-refractivity contribution in [1.29, 1.82) is 0 Å². The molecule has 4 aromatic heterocycles. The fraction of sp³-hybridized carbons (Fsp3) is 0.164. The molecular formula is C55H51IN4Si. The van der Waals surface area contributed by atoms with Crippen molar-refractivity contribution in [3.05, 3.63) is 230 Å². The lowest BCUT2D eigenvalue weighted by atomic mass is 9.92. The first-order valence-electron chi connectivity index (χ1n) is 21.0. The first-order chi connectivity index (χ1) is 29.2. The van der Waals surface area contributed by atoms with Gasteiger partial charge >= 0.3 is 0 Å². The molecule has 0 radical (unpaired) electrons. The molecule has 0 fully saturated rings. The van der Waals surface area contributed by atoms with Gasteiger partial charge in [0.05, 0.1) is 0 Å². The number of aryl methyl sites for hydroxylation is 6. The van der Waals surface area contributed by atoms with Crippen LogP contribution in [0, 0.1) is 56.6 Å². The van der Waals surface area contributed by atoms with Gasteiger partial charge in [0.1, 0.15) is 8.07 Å². The van der Waals surface area contributed by atoms with Crippen LogP contribution in [-0.4, -0.2) is 28.0 Å². The number of hydrogen-bond acceptors (Lipinski definition) is 0. The SMILES string of the molecule is Cc1cc(C)c(C2=c3ccc([nH]3)=C(c3ccc(I)cc3)c3ccc([nH]3)C(c3c(C)cc(C)cc3C)=c3ccc([nH]3)=C(c3ccc(C#C[Si](C)(C)C)cc3)c3ccc2[nH]3)c(C)c1. The molecule has 0 spiro atoms. The molecule has 302 valence electrons.